The molecule has 0 aliphatic rings. The molecule has 0 saturated heterocycles. The Labute approximate surface area is 159 Å². The lowest BCUT2D eigenvalue weighted by atomic mass is 10.0. The Morgan fingerprint density at radius 2 is 1.33 bits per heavy atom. The summed E-state index contributed by atoms with van der Waals surface area (Å²) in [5.74, 6) is -0.356. The molecule has 0 aliphatic carbocycles. The van der Waals surface area contributed by atoms with E-state index >= 15 is 0 Å². The number of aliphatic carboxylic acids is 1. The van der Waals surface area contributed by atoms with Crippen LogP contribution in [0.25, 0.3) is 0 Å². The monoisotopic (exact) mass is 362 g/mol. The topological polar surface area (TPSA) is 55.8 Å². The number of hydrogen-bond donors (Lipinski definition) is 1. The minimum absolute atomic E-state index is 0.382. The van der Waals surface area contributed by atoms with Gasteiger partial charge in [-0.3, -0.25) is 4.79 Å². The molecule has 0 aromatic heterocycles. The van der Waals surface area contributed by atoms with Crippen molar-refractivity contribution < 1.29 is 19.4 Å². The Balaban J connectivity index is 1.80. The van der Waals surface area contributed by atoms with Crippen molar-refractivity contribution in [2.75, 3.05) is 0 Å². The van der Waals surface area contributed by atoms with Gasteiger partial charge in [-0.2, -0.15) is 0 Å². The lowest BCUT2D eigenvalue weighted by Crippen LogP contribution is -2.08. The first-order valence-corrected chi connectivity index (χ1v) is 8.83. The second kappa shape index (κ2) is 8.90. The minimum Gasteiger partial charge on any atom is -0.485 e. The van der Waals surface area contributed by atoms with Gasteiger partial charge in [0, 0.05) is 0 Å². The SMILES string of the molecule is CC(C(=O)O)c1ccc(OCc2ccccc2)c(OCc2ccccc2)c1. The lowest BCUT2D eigenvalue weighted by molar-refractivity contribution is -0.138. The molecular formula is C23H22O4. The van der Waals surface area contributed by atoms with Gasteiger partial charge in [0.1, 0.15) is 13.2 Å². The van der Waals surface area contributed by atoms with Crippen molar-refractivity contribution in [2.24, 2.45) is 0 Å². The number of hydrogen-bond acceptors (Lipinski definition) is 3. The molecule has 0 aliphatic heterocycles. The zero-order valence-electron chi connectivity index (χ0n) is 15.2. The minimum atomic E-state index is -0.873. The number of carbonyl (C=O) groups is 1. The van der Waals surface area contributed by atoms with Crippen LogP contribution in [-0.4, -0.2) is 11.1 Å². The van der Waals surface area contributed by atoms with E-state index in [1.54, 1.807) is 25.1 Å². The number of ether oxygens (including phenoxy) is 2. The summed E-state index contributed by atoms with van der Waals surface area (Å²) in [5, 5.41) is 9.28. The number of carboxylic acids is 1. The predicted molar refractivity (Wildman–Crippen MR) is 104 cm³/mol. The first-order chi connectivity index (χ1) is 13.1. The van der Waals surface area contributed by atoms with Gasteiger partial charge >= 0.3 is 5.97 Å². The summed E-state index contributed by atoms with van der Waals surface area (Å²) in [6.07, 6.45) is 0. The molecule has 1 N–H and O–H groups in total. The summed E-state index contributed by atoms with van der Waals surface area (Å²) in [6.45, 7) is 2.45. The summed E-state index contributed by atoms with van der Waals surface area (Å²) in [4.78, 5) is 11.3. The van der Waals surface area contributed by atoms with E-state index in [-0.39, 0.29) is 0 Å². The van der Waals surface area contributed by atoms with Gasteiger partial charge in [0.25, 0.3) is 0 Å². The molecule has 27 heavy (non-hydrogen) atoms. The van der Waals surface area contributed by atoms with Crippen molar-refractivity contribution in [2.45, 2.75) is 26.1 Å². The zero-order valence-corrected chi connectivity index (χ0v) is 15.2. The van der Waals surface area contributed by atoms with Gasteiger partial charge in [-0.05, 0) is 35.7 Å². The highest BCUT2D eigenvalue weighted by Gasteiger charge is 2.17. The highest BCUT2D eigenvalue weighted by Crippen LogP contribution is 2.32. The van der Waals surface area contributed by atoms with Gasteiger partial charge in [-0.15, -0.1) is 0 Å². The van der Waals surface area contributed by atoms with Gasteiger partial charge in [0.2, 0.25) is 0 Å². The van der Waals surface area contributed by atoms with Crippen molar-refractivity contribution in [3.63, 3.8) is 0 Å². The summed E-state index contributed by atoms with van der Waals surface area (Å²) in [6, 6.07) is 25.0. The largest absolute Gasteiger partial charge is 0.485 e. The smallest absolute Gasteiger partial charge is 0.310 e. The van der Waals surface area contributed by atoms with Crippen LogP contribution in [0, 0.1) is 0 Å². The van der Waals surface area contributed by atoms with E-state index in [0.29, 0.717) is 30.3 Å². The molecule has 0 saturated carbocycles. The van der Waals surface area contributed by atoms with Gasteiger partial charge in [-0.25, -0.2) is 0 Å². The van der Waals surface area contributed by atoms with Crippen LogP contribution in [0.4, 0.5) is 0 Å². The molecule has 138 valence electrons. The molecular weight excluding hydrogens is 340 g/mol. The van der Waals surface area contributed by atoms with Crippen molar-refractivity contribution >= 4 is 5.97 Å². The Morgan fingerprint density at radius 1 is 0.815 bits per heavy atom. The van der Waals surface area contributed by atoms with Crippen LogP contribution in [-0.2, 0) is 18.0 Å². The molecule has 4 heteroatoms. The molecule has 1 atom stereocenters. The standard InChI is InChI=1S/C23H22O4/c1-17(23(24)25)20-12-13-21(26-15-18-8-4-2-5-9-18)22(14-20)27-16-19-10-6-3-7-11-19/h2-14,17H,15-16H2,1H3,(H,24,25). The molecule has 4 nitrogen and oxygen atoms in total. The number of carboxylic acid groups (broad SMARTS) is 1. The first-order valence-electron chi connectivity index (χ1n) is 8.83. The molecule has 0 spiro atoms. The average molecular weight is 362 g/mol. The third-order valence-electron chi connectivity index (χ3n) is 4.31. The van der Waals surface area contributed by atoms with E-state index in [9.17, 15) is 9.90 Å². The summed E-state index contributed by atoms with van der Waals surface area (Å²) in [5.41, 5.74) is 2.76. The van der Waals surface area contributed by atoms with Gasteiger partial charge < -0.3 is 14.6 Å². The predicted octanol–water partition coefficient (Wildman–Crippen LogP) is 5.03. The average Bonchev–Trinajstić information content (AvgIpc) is 2.72. The fourth-order valence-corrected chi connectivity index (χ4v) is 2.64. The van der Waals surface area contributed by atoms with Crippen LogP contribution >= 0.6 is 0 Å². The second-order valence-electron chi connectivity index (χ2n) is 6.31. The van der Waals surface area contributed by atoms with Crippen molar-refractivity contribution in [3.05, 3.63) is 95.6 Å². The van der Waals surface area contributed by atoms with E-state index in [1.807, 2.05) is 60.7 Å². The van der Waals surface area contributed by atoms with Crippen LogP contribution in [0.2, 0.25) is 0 Å². The molecule has 3 aromatic rings. The maximum absolute atomic E-state index is 11.3. The van der Waals surface area contributed by atoms with E-state index in [4.69, 9.17) is 9.47 Å². The number of rotatable bonds is 8. The quantitative estimate of drug-likeness (QED) is 0.610. The molecule has 0 heterocycles. The lowest BCUT2D eigenvalue weighted by Gasteiger charge is -2.16. The maximum atomic E-state index is 11.3. The van der Waals surface area contributed by atoms with Gasteiger partial charge in [0.05, 0.1) is 5.92 Å². The Hall–Kier alpha value is -3.27. The normalized spacial score (nSPS) is 11.6. The summed E-state index contributed by atoms with van der Waals surface area (Å²) < 4.78 is 11.9. The van der Waals surface area contributed by atoms with E-state index in [1.165, 1.54) is 0 Å². The highest BCUT2D eigenvalue weighted by molar-refractivity contribution is 5.75. The Kier molecular flexibility index (Phi) is 6.10. The third kappa shape index (κ3) is 5.11. The Morgan fingerprint density at radius 3 is 1.85 bits per heavy atom. The molecule has 0 bridgehead atoms. The summed E-state index contributed by atoms with van der Waals surface area (Å²) in [7, 11) is 0. The molecule has 1 unspecified atom stereocenters. The second-order valence-corrected chi connectivity index (χ2v) is 6.31. The van der Waals surface area contributed by atoms with Crippen LogP contribution in [0.5, 0.6) is 11.5 Å². The fourth-order valence-electron chi connectivity index (χ4n) is 2.64. The van der Waals surface area contributed by atoms with Crippen LogP contribution in [0.15, 0.2) is 78.9 Å². The molecule has 0 radical (unpaired) electrons. The van der Waals surface area contributed by atoms with E-state index in [0.717, 1.165) is 11.1 Å². The first kappa shape index (κ1) is 18.5. The molecule has 0 fully saturated rings. The van der Waals surface area contributed by atoms with E-state index < -0.39 is 11.9 Å². The van der Waals surface area contributed by atoms with Gasteiger partial charge in [-0.1, -0.05) is 66.7 Å². The summed E-state index contributed by atoms with van der Waals surface area (Å²) >= 11 is 0. The van der Waals surface area contributed by atoms with E-state index in [2.05, 4.69) is 0 Å². The maximum Gasteiger partial charge on any atom is 0.310 e. The highest BCUT2D eigenvalue weighted by atomic mass is 16.5. The van der Waals surface area contributed by atoms with Crippen molar-refractivity contribution in [1.29, 1.82) is 0 Å². The van der Waals surface area contributed by atoms with Crippen molar-refractivity contribution in [1.82, 2.24) is 0 Å². The van der Waals surface area contributed by atoms with Crippen LogP contribution in [0.3, 0.4) is 0 Å². The zero-order chi connectivity index (χ0) is 19.1. The van der Waals surface area contributed by atoms with Crippen LogP contribution in [0.1, 0.15) is 29.5 Å². The van der Waals surface area contributed by atoms with Crippen molar-refractivity contribution in [3.8, 4) is 11.5 Å². The third-order valence-corrected chi connectivity index (χ3v) is 4.31. The Bertz CT molecular complexity index is 875. The number of benzene rings is 3. The molecule has 3 aromatic carbocycles. The van der Waals surface area contributed by atoms with Crippen LogP contribution < -0.4 is 9.47 Å². The fraction of sp³-hybridized carbons (Fsp3) is 0.174. The molecule has 0 amide bonds. The van der Waals surface area contributed by atoms with Gasteiger partial charge in [0.15, 0.2) is 11.5 Å². The molecule has 3 rings (SSSR count).